The standard InChI is InChI=1S/C26H42N2O2/c1-18(2)19(3)9-8-11-26(6)12-10-22-23(17-28-15-13-27(7)14-16-28)24(29)20(4)21(5)25(22)30-26/h9,18,29H,8,10-17H2,1-7H3/b19-9+. The molecule has 30 heavy (non-hydrogen) atoms. The Morgan fingerprint density at radius 1 is 1.17 bits per heavy atom. The lowest BCUT2D eigenvalue weighted by molar-refractivity contribution is 0.0552. The summed E-state index contributed by atoms with van der Waals surface area (Å²) in [7, 11) is 2.18. The lowest BCUT2D eigenvalue weighted by atomic mass is 9.84. The van der Waals surface area contributed by atoms with E-state index < -0.39 is 0 Å². The molecule has 1 aromatic carbocycles. The van der Waals surface area contributed by atoms with Gasteiger partial charge in [-0.15, -0.1) is 0 Å². The summed E-state index contributed by atoms with van der Waals surface area (Å²) < 4.78 is 6.71. The number of hydrogen-bond donors (Lipinski definition) is 1. The molecule has 0 spiro atoms. The normalized spacial score (nSPS) is 23.5. The Morgan fingerprint density at radius 3 is 2.47 bits per heavy atom. The highest BCUT2D eigenvalue weighted by atomic mass is 16.5. The predicted molar refractivity (Wildman–Crippen MR) is 126 cm³/mol. The molecule has 0 saturated carbocycles. The molecule has 1 aromatic rings. The van der Waals surface area contributed by atoms with E-state index in [-0.39, 0.29) is 5.60 Å². The van der Waals surface area contributed by atoms with Crippen molar-refractivity contribution in [3.63, 3.8) is 0 Å². The van der Waals surface area contributed by atoms with Crippen LogP contribution >= 0.6 is 0 Å². The van der Waals surface area contributed by atoms with Gasteiger partial charge in [0.2, 0.25) is 0 Å². The van der Waals surface area contributed by atoms with E-state index in [2.05, 4.69) is 57.5 Å². The number of benzene rings is 1. The van der Waals surface area contributed by atoms with Crippen LogP contribution in [0.15, 0.2) is 11.6 Å². The number of piperazine rings is 1. The number of nitrogens with zero attached hydrogens (tertiary/aromatic N) is 2. The minimum absolute atomic E-state index is 0.139. The van der Waals surface area contributed by atoms with Crippen molar-refractivity contribution in [1.29, 1.82) is 0 Å². The zero-order valence-electron chi connectivity index (χ0n) is 20.3. The minimum atomic E-state index is -0.139. The summed E-state index contributed by atoms with van der Waals surface area (Å²) in [5, 5.41) is 11.0. The summed E-state index contributed by atoms with van der Waals surface area (Å²) in [6.07, 6.45) is 6.45. The van der Waals surface area contributed by atoms with Gasteiger partial charge in [0.1, 0.15) is 17.1 Å². The Morgan fingerprint density at radius 2 is 1.83 bits per heavy atom. The van der Waals surface area contributed by atoms with Gasteiger partial charge in [-0.2, -0.15) is 0 Å². The Labute approximate surface area is 183 Å². The molecule has 1 fully saturated rings. The molecular weight excluding hydrogens is 372 g/mol. The monoisotopic (exact) mass is 414 g/mol. The van der Waals surface area contributed by atoms with Gasteiger partial charge in [-0.05, 0) is 77.5 Å². The van der Waals surface area contributed by atoms with E-state index in [1.807, 2.05) is 6.92 Å². The van der Waals surface area contributed by atoms with E-state index in [1.165, 1.54) is 11.1 Å². The van der Waals surface area contributed by atoms with E-state index in [1.54, 1.807) is 0 Å². The summed E-state index contributed by atoms with van der Waals surface area (Å²) in [6, 6.07) is 0. The highest BCUT2D eigenvalue weighted by Crippen LogP contribution is 2.45. The van der Waals surface area contributed by atoms with E-state index in [0.29, 0.717) is 11.7 Å². The molecule has 0 amide bonds. The smallest absolute Gasteiger partial charge is 0.127 e. The predicted octanol–water partition coefficient (Wildman–Crippen LogP) is 5.22. The highest BCUT2D eigenvalue weighted by molar-refractivity contribution is 5.59. The number of likely N-dealkylation sites (N-methyl/N-ethyl adjacent to an activating group) is 1. The van der Waals surface area contributed by atoms with Gasteiger partial charge in [0.25, 0.3) is 0 Å². The number of aromatic hydroxyl groups is 1. The zero-order chi connectivity index (χ0) is 22.1. The quantitative estimate of drug-likeness (QED) is 0.647. The molecule has 4 heteroatoms. The van der Waals surface area contributed by atoms with Crippen LogP contribution in [0.1, 0.15) is 69.2 Å². The molecule has 2 aliphatic heterocycles. The maximum atomic E-state index is 11.0. The van der Waals surface area contributed by atoms with Crippen molar-refractivity contribution in [3.8, 4) is 11.5 Å². The van der Waals surface area contributed by atoms with E-state index in [9.17, 15) is 5.11 Å². The highest BCUT2D eigenvalue weighted by Gasteiger charge is 2.35. The first-order chi connectivity index (χ1) is 14.1. The second-order valence-electron chi connectivity index (χ2n) is 10.2. The van der Waals surface area contributed by atoms with Gasteiger partial charge >= 0.3 is 0 Å². The minimum Gasteiger partial charge on any atom is -0.507 e. The second kappa shape index (κ2) is 9.32. The maximum Gasteiger partial charge on any atom is 0.127 e. The summed E-state index contributed by atoms with van der Waals surface area (Å²) >= 11 is 0. The van der Waals surface area contributed by atoms with Crippen LogP contribution in [0.4, 0.5) is 0 Å². The fourth-order valence-corrected chi connectivity index (χ4v) is 4.59. The van der Waals surface area contributed by atoms with Crippen LogP contribution < -0.4 is 4.74 Å². The second-order valence-corrected chi connectivity index (χ2v) is 10.2. The average Bonchev–Trinajstić information content (AvgIpc) is 2.71. The third-order valence-corrected chi connectivity index (χ3v) is 7.46. The van der Waals surface area contributed by atoms with E-state index in [0.717, 1.165) is 80.8 Å². The molecule has 168 valence electrons. The van der Waals surface area contributed by atoms with Crippen molar-refractivity contribution < 1.29 is 9.84 Å². The van der Waals surface area contributed by atoms with Crippen LogP contribution in [0.25, 0.3) is 0 Å². The molecule has 3 rings (SSSR count). The van der Waals surface area contributed by atoms with Gasteiger partial charge in [0.15, 0.2) is 0 Å². The molecule has 1 atom stereocenters. The third-order valence-electron chi connectivity index (χ3n) is 7.46. The first-order valence-electron chi connectivity index (χ1n) is 11.7. The van der Waals surface area contributed by atoms with Crippen LogP contribution in [0.3, 0.4) is 0 Å². The van der Waals surface area contributed by atoms with Crippen molar-refractivity contribution in [2.75, 3.05) is 33.2 Å². The average molecular weight is 415 g/mol. The van der Waals surface area contributed by atoms with Crippen LogP contribution in [0, 0.1) is 19.8 Å². The number of phenols is 1. The number of phenolic OH excluding ortho intramolecular Hbond substituents is 1. The fraction of sp³-hybridized carbons (Fsp3) is 0.692. The van der Waals surface area contributed by atoms with Crippen molar-refractivity contribution in [1.82, 2.24) is 9.80 Å². The zero-order valence-corrected chi connectivity index (χ0v) is 20.3. The number of ether oxygens (including phenoxy) is 1. The Hall–Kier alpha value is -1.52. The first kappa shape index (κ1) is 23.1. The SMILES string of the molecule is C/C(=C\CCC1(C)CCc2c(CN3CCN(C)CC3)c(O)c(C)c(C)c2O1)C(C)C. The Balaban J connectivity index is 1.81. The van der Waals surface area contributed by atoms with Crippen molar-refractivity contribution >= 4 is 0 Å². The molecule has 0 bridgehead atoms. The third kappa shape index (κ3) is 5.03. The van der Waals surface area contributed by atoms with Gasteiger partial charge in [-0.25, -0.2) is 0 Å². The topological polar surface area (TPSA) is 35.9 Å². The number of rotatable bonds is 6. The van der Waals surface area contributed by atoms with E-state index in [4.69, 9.17) is 4.74 Å². The molecule has 1 saturated heterocycles. The molecule has 0 aromatic heterocycles. The first-order valence-corrected chi connectivity index (χ1v) is 11.7. The van der Waals surface area contributed by atoms with Crippen LogP contribution in [-0.4, -0.2) is 53.7 Å². The van der Waals surface area contributed by atoms with E-state index >= 15 is 0 Å². The van der Waals surface area contributed by atoms with Gasteiger partial charge in [-0.3, -0.25) is 4.90 Å². The molecule has 0 radical (unpaired) electrons. The Kier molecular flexibility index (Phi) is 7.19. The number of hydrogen-bond acceptors (Lipinski definition) is 4. The molecule has 0 aliphatic carbocycles. The molecule has 1 N–H and O–H groups in total. The molecule has 2 aliphatic rings. The Bertz CT molecular complexity index is 791. The van der Waals surface area contributed by atoms with Crippen molar-refractivity contribution in [2.24, 2.45) is 5.92 Å². The summed E-state index contributed by atoms with van der Waals surface area (Å²) in [5.74, 6) is 2.12. The molecule has 1 unspecified atom stereocenters. The molecular formula is C26H42N2O2. The fourth-order valence-electron chi connectivity index (χ4n) is 4.59. The van der Waals surface area contributed by atoms with Gasteiger partial charge in [0.05, 0.1) is 0 Å². The largest absolute Gasteiger partial charge is 0.507 e. The van der Waals surface area contributed by atoms with Gasteiger partial charge in [-0.1, -0.05) is 25.5 Å². The number of allylic oxidation sites excluding steroid dienone is 2. The summed E-state index contributed by atoms with van der Waals surface area (Å²) in [4.78, 5) is 4.84. The van der Waals surface area contributed by atoms with Gasteiger partial charge in [0, 0.05) is 43.9 Å². The van der Waals surface area contributed by atoms with Crippen LogP contribution in [-0.2, 0) is 13.0 Å². The molecule has 2 heterocycles. The van der Waals surface area contributed by atoms with Crippen molar-refractivity contribution in [3.05, 3.63) is 33.9 Å². The van der Waals surface area contributed by atoms with Gasteiger partial charge < -0.3 is 14.7 Å². The maximum absolute atomic E-state index is 11.0. The lowest BCUT2D eigenvalue weighted by Gasteiger charge is -2.39. The molecule has 4 nitrogen and oxygen atoms in total. The van der Waals surface area contributed by atoms with Crippen LogP contribution in [0.5, 0.6) is 11.5 Å². The summed E-state index contributed by atoms with van der Waals surface area (Å²) in [6.45, 7) is 18.2. The van der Waals surface area contributed by atoms with Crippen molar-refractivity contribution in [2.45, 2.75) is 79.4 Å². The lowest BCUT2D eigenvalue weighted by Crippen LogP contribution is -2.44. The van der Waals surface area contributed by atoms with Crippen LogP contribution in [0.2, 0.25) is 0 Å². The summed E-state index contributed by atoms with van der Waals surface area (Å²) in [5.41, 5.74) is 5.72. The number of fused-ring (bicyclic) bond motifs is 1.